The van der Waals surface area contributed by atoms with E-state index in [-0.39, 0.29) is 5.91 Å². The van der Waals surface area contributed by atoms with Gasteiger partial charge in [-0.3, -0.25) is 4.79 Å². The molecule has 2 heterocycles. The van der Waals surface area contributed by atoms with Gasteiger partial charge in [0, 0.05) is 62.1 Å². The number of hydrogen-bond donors (Lipinski definition) is 2. The van der Waals surface area contributed by atoms with Crippen LogP contribution >= 0.6 is 0 Å². The molecule has 0 atom stereocenters. The largest absolute Gasteiger partial charge is 0.494 e. The first-order chi connectivity index (χ1) is 19.3. The SMILES string of the molecule is C/C=C/C(=O)Nc1cc(Nc2nccc(-c3cn(C)c4ccccc34)n2)c(OC)cc1N(C)CCN(C)C.CC. The van der Waals surface area contributed by atoms with Gasteiger partial charge in [-0.05, 0) is 45.3 Å². The average Bonchev–Trinajstić information content (AvgIpc) is 3.29. The van der Waals surface area contributed by atoms with Crippen LogP contribution in [0, 0.1) is 0 Å². The second-order valence-corrected chi connectivity index (χ2v) is 9.35. The molecule has 0 aliphatic rings. The monoisotopic (exact) mass is 543 g/mol. The molecule has 1 amide bonds. The lowest BCUT2D eigenvalue weighted by molar-refractivity contribution is -0.111. The molecule has 2 aromatic carbocycles. The first-order valence-corrected chi connectivity index (χ1v) is 13.5. The molecule has 0 spiro atoms. The van der Waals surface area contributed by atoms with E-state index in [1.165, 1.54) is 6.08 Å². The standard InChI is InChI=1S/C29H35N7O2.C2H6/c1-7-10-28(37)31-23-17-24(27(38-6)18-26(23)35(4)16-15-34(2)3)33-29-30-14-13-22(32-29)21-19-36(5)25-12-9-8-11-20(21)25;1-2/h7-14,17-19H,15-16H2,1-6H3,(H,31,37)(H,30,32,33);1-2H3/b10-7+;. The third-order valence-electron chi connectivity index (χ3n) is 6.26. The molecule has 0 saturated carbocycles. The van der Waals surface area contributed by atoms with Crippen molar-refractivity contribution in [3.05, 3.63) is 67.0 Å². The summed E-state index contributed by atoms with van der Waals surface area (Å²) < 4.78 is 7.82. The first kappa shape index (κ1) is 30.2. The molecule has 0 saturated heterocycles. The van der Waals surface area contributed by atoms with E-state index >= 15 is 0 Å². The Kier molecular flexibility index (Phi) is 10.7. The molecular formula is C31H41N7O2. The first-order valence-electron chi connectivity index (χ1n) is 13.5. The second kappa shape index (κ2) is 14.1. The van der Waals surface area contributed by atoms with Gasteiger partial charge in [-0.2, -0.15) is 0 Å². The molecule has 2 aromatic heterocycles. The number of likely N-dealkylation sites (N-methyl/N-ethyl adjacent to an activating group) is 2. The van der Waals surface area contributed by atoms with E-state index in [1.54, 1.807) is 19.4 Å². The summed E-state index contributed by atoms with van der Waals surface area (Å²) in [4.78, 5) is 25.9. The summed E-state index contributed by atoms with van der Waals surface area (Å²) in [5.74, 6) is 0.827. The Morgan fingerprint density at radius 1 is 1.07 bits per heavy atom. The Hall–Kier alpha value is -4.37. The Bertz CT molecular complexity index is 1460. The number of nitrogens with one attached hydrogen (secondary N) is 2. The summed E-state index contributed by atoms with van der Waals surface area (Å²) in [7, 11) is 9.70. The maximum Gasteiger partial charge on any atom is 0.248 e. The molecular weight excluding hydrogens is 502 g/mol. The highest BCUT2D eigenvalue weighted by Gasteiger charge is 2.17. The van der Waals surface area contributed by atoms with Crippen molar-refractivity contribution in [2.75, 3.05) is 56.9 Å². The number of aryl methyl sites for hydroxylation is 1. The zero-order valence-corrected chi connectivity index (χ0v) is 24.8. The number of para-hydroxylation sites is 1. The highest BCUT2D eigenvalue weighted by Crippen LogP contribution is 2.38. The van der Waals surface area contributed by atoms with Crippen LogP contribution in [-0.2, 0) is 11.8 Å². The molecule has 9 heteroatoms. The number of hydrogen-bond acceptors (Lipinski definition) is 7. The number of benzene rings is 2. The fourth-order valence-corrected chi connectivity index (χ4v) is 4.28. The molecule has 0 unspecified atom stereocenters. The number of allylic oxidation sites excluding steroid dienone is 1. The van der Waals surface area contributed by atoms with Gasteiger partial charge in [0.15, 0.2) is 0 Å². The maximum atomic E-state index is 12.5. The third kappa shape index (κ3) is 7.18. The molecule has 0 fully saturated rings. The minimum atomic E-state index is -0.208. The van der Waals surface area contributed by atoms with Gasteiger partial charge in [0.05, 0.1) is 29.9 Å². The van der Waals surface area contributed by atoms with Crippen molar-refractivity contribution in [3.8, 4) is 17.0 Å². The number of carbonyl (C=O) groups excluding carboxylic acids is 1. The van der Waals surface area contributed by atoms with Crippen LogP contribution in [0.1, 0.15) is 20.8 Å². The molecule has 2 N–H and O–H groups in total. The van der Waals surface area contributed by atoms with E-state index in [1.807, 2.05) is 79.3 Å². The van der Waals surface area contributed by atoms with Gasteiger partial charge in [0.25, 0.3) is 0 Å². The van der Waals surface area contributed by atoms with Gasteiger partial charge < -0.3 is 29.7 Å². The van der Waals surface area contributed by atoms with Crippen LogP contribution < -0.4 is 20.3 Å². The highest BCUT2D eigenvalue weighted by atomic mass is 16.5. The van der Waals surface area contributed by atoms with Crippen LogP contribution in [0.3, 0.4) is 0 Å². The lowest BCUT2D eigenvalue weighted by Crippen LogP contribution is -2.29. The predicted octanol–water partition coefficient (Wildman–Crippen LogP) is 5.93. The van der Waals surface area contributed by atoms with Gasteiger partial charge in [0.2, 0.25) is 11.9 Å². The normalized spacial score (nSPS) is 10.9. The van der Waals surface area contributed by atoms with Crippen molar-refractivity contribution >= 4 is 39.8 Å². The van der Waals surface area contributed by atoms with Crippen molar-refractivity contribution in [2.24, 2.45) is 7.05 Å². The number of amides is 1. The van der Waals surface area contributed by atoms with Crippen molar-refractivity contribution < 1.29 is 9.53 Å². The molecule has 4 rings (SSSR count). The lowest BCUT2D eigenvalue weighted by Gasteiger charge is -2.26. The number of fused-ring (bicyclic) bond motifs is 1. The van der Waals surface area contributed by atoms with Gasteiger partial charge in [-0.1, -0.05) is 38.1 Å². The lowest BCUT2D eigenvalue weighted by atomic mass is 10.1. The number of methoxy groups -OCH3 is 1. The smallest absolute Gasteiger partial charge is 0.248 e. The predicted molar refractivity (Wildman–Crippen MR) is 167 cm³/mol. The maximum absolute atomic E-state index is 12.5. The third-order valence-corrected chi connectivity index (χ3v) is 6.26. The second-order valence-electron chi connectivity index (χ2n) is 9.35. The number of nitrogens with zero attached hydrogens (tertiary/aromatic N) is 5. The van der Waals surface area contributed by atoms with E-state index in [0.717, 1.165) is 40.9 Å². The van der Waals surface area contributed by atoms with Crippen LogP contribution in [0.5, 0.6) is 5.75 Å². The zero-order chi connectivity index (χ0) is 29.2. The number of anilines is 4. The van der Waals surface area contributed by atoms with Crippen molar-refractivity contribution in [3.63, 3.8) is 0 Å². The fraction of sp³-hybridized carbons (Fsp3) is 0.323. The topological polar surface area (TPSA) is 87.5 Å². The summed E-state index contributed by atoms with van der Waals surface area (Å²) >= 11 is 0. The van der Waals surface area contributed by atoms with Gasteiger partial charge >= 0.3 is 0 Å². The number of aromatic nitrogens is 3. The Morgan fingerprint density at radius 3 is 2.52 bits per heavy atom. The summed E-state index contributed by atoms with van der Waals surface area (Å²) in [5.41, 5.74) is 5.11. The number of ether oxygens (including phenoxy) is 1. The Labute approximate surface area is 237 Å². The number of carbonyl (C=O) groups is 1. The van der Waals surface area contributed by atoms with Crippen LogP contribution in [0.2, 0.25) is 0 Å². The molecule has 0 bridgehead atoms. The quantitative estimate of drug-likeness (QED) is 0.240. The van der Waals surface area contributed by atoms with Crippen molar-refractivity contribution in [1.29, 1.82) is 0 Å². The molecule has 40 heavy (non-hydrogen) atoms. The molecule has 0 aliphatic heterocycles. The molecule has 0 aliphatic carbocycles. The van der Waals surface area contributed by atoms with Gasteiger partial charge in [0.1, 0.15) is 5.75 Å². The van der Waals surface area contributed by atoms with E-state index in [0.29, 0.717) is 23.1 Å². The Balaban J connectivity index is 0.00000216. The van der Waals surface area contributed by atoms with Gasteiger partial charge in [-0.15, -0.1) is 0 Å². The van der Waals surface area contributed by atoms with Crippen LogP contribution in [0.4, 0.5) is 23.0 Å². The molecule has 4 aromatic rings. The average molecular weight is 544 g/mol. The minimum Gasteiger partial charge on any atom is -0.494 e. The van der Waals surface area contributed by atoms with Gasteiger partial charge in [-0.25, -0.2) is 9.97 Å². The Morgan fingerprint density at radius 2 is 1.82 bits per heavy atom. The van der Waals surface area contributed by atoms with Crippen molar-refractivity contribution in [1.82, 2.24) is 19.4 Å². The van der Waals surface area contributed by atoms with E-state index < -0.39 is 0 Å². The minimum absolute atomic E-state index is 0.208. The van der Waals surface area contributed by atoms with Crippen LogP contribution in [0.15, 0.2) is 67.0 Å². The van der Waals surface area contributed by atoms with E-state index in [2.05, 4.69) is 48.3 Å². The molecule has 0 radical (unpaired) electrons. The summed E-state index contributed by atoms with van der Waals surface area (Å²) in [6.45, 7) is 7.44. The van der Waals surface area contributed by atoms with Crippen LogP contribution in [0.25, 0.3) is 22.2 Å². The van der Waals surface area contributed by atoms with E-state index in [9.17, 15) is 4.79 Å². The summed E-state index contributed by atoms with van der Waals surface area (Å²) in [6.07, 6.45) is 7.01. The number of rotatable bonds is 10. The highest BCUT2D eigenvalue weighted by molar-refractivity contribution is 6.02. The molecule has 9 nitrogen and oxygen atoms in total. The molecule has 212 valence electrons. The summed E-state index contributed by atoms with van der Waals surface area (Å²) in [5, 5.41) is 7.42. The zero-order valence-electron chi connectivity index (χ0n) is 24.8. The fourth-order valence-electron chi connectivity index (χ4n) is 4.28. The summed E-state index contributed by atoms with van der Waals surface area (Å²) in [6, 6.07) is 13.9. The van der Waals surface area contributed by atoms with E-state index in [4.69, 9.17) is 9.72 Å². The van der Waals surface area contributed by atoms with Crippen molar-refractivity contribution in [2.45, 2.75) is 20.8 Å². The van der Waals surface area contributed by atoms with Crippen LogP contribution in [-0.4, -0.2) is 66.7 Å².